The smallest absolute Gasteiger partial charge is 0.413 e. The van der Waals surface area contributed by atoms with E-state index in [1.807, 2.05) is 38.1 Å². The number of halogens is 3. The number of ether oxygens (including phenoxy) is 1. The van der Waals surface area contributed by atoms with Gasteiger partial charge >= 0.3 is 6.36 Å². The molecule has 0 saturated heterocycles. The Morgan fingerprint density at radius 2 is 1.83 bits per heavy atom. The average Bonchev–Trinajstić information content (AvgIpc) is 3.13. The standard InChI is InChI=1S/C19H19F3N3OP.C2H6/c1-12(11-26-19(20,21)22)16-10-13-14(8-9-23-18(13)25-16)24-15-6-4-5-7-17(15)27(2)3;1-2/h4-11H,1-3H3,(H2,23,24,25);1-2H3/b12-11-;. The lowest BCUT2D eigenvalue weighted by atomic mass is 10.2. The molecule has 3 rings (SSSR count). The van der Waals surface area contributed by atoms with Crippen LogP contribution >= 0.6 is 7.92 Å². The summed E-state index contributed by atoms with van der Waals surface area (Å²) in [4.78, 5) is 7.30. The highest BCUT2D eigenvalue weighted by atomic mass is 31.1. The van der Waals surface area contributed by atoms with Crippen LogP contribution in [0.5, 0.6) is 0 Å². The van der Waals surface area contributed by atoms with Gasteiger partial charge < -0.3 is 15.0 Å². The number of para-hydroxylation sites is 1. The van der Waals surface area contributed by atoms with Crippen LogP contribution in [0.1, 0.15) is 26.5 Å². The number of pyridine rings is 1. The molecule has 0 saturated carbocycles. The van der Waals surface area contributed by atoms with E-state index >= 15 is 0 Å². The predicted molar refractivity (Wildman–Crippen MR) is 116 cm³/mol. The lowest BCUT2D eigenvalue weighted by Crippen LogP contribution is -2.08. The normalized spacial score (nSPS) is 12.0. The Kier molecular flexibility index (Phi) is 7.68. The van der Waals surface area contributed by atoms with E-state index in [4.69, 9.17) is 0 Å². The van der Waals surface area contributed by atoms with Gasteiger partial charge in [-0.15, -0.1) is 13.2 Å². The zero-order chi connectivity index (χ0) is 21.6. The summed E-state index contributed by atoms with van der Waals surface area (Å²) < 4.78 is 40.5. The second-order valence-corrected chi connectivity index (χ2v) is 8.48. The quantitative estimate of drug-likeness (QED) is 0.359. The Labute approximate surface area is 169 Å². The van der Waals surface area contributed by atoms with Gasteiger partial charge in [-0.3, -0.25) is 0 Å². The largest absolute Gasteiger partial charge is 0.572 e. The highest BCUT2D eigenvalue weighted by Crippen LogP contribution is 2.32. The molecule has 0 aliphatic heterocycles. The Bertz CT molecular complexity index is 981. The SMILES string of the molecule is C/C(=C/OC(F)(F)F)c1cc2c(Nc3ccccc3P(C)C)ccnc2[nH]1.CC. The lowest BCUT2D eigenvalue weighted by Gasteiger charge is -2.15. The Hall–Kier alpha value is -2.53. The summed E-state index contributed by atoms with van der Waals surface area (Å²) in [6.45, 7) is 9.91. The van der Waals surface area contributed by atoms with Crippen LogP contribution in [-0.4, -0.2) is 29.7 Å². The monoisotopic (exact) mass is 423 g/mol. The van der Waals surface area contributed by atoms with Crippen LogP contribution in [-0.2, 0) is 4.74 Å². The second-order valence-electron chi connectivity index (χ2n) is 6.20. The number of hydrogen-bond donors (Lipinski definition) is 2. The first kappa shape index (κ1) is 22.8. The maximum Gasteiger partial charge on any atom is 0.572 e. The number of rotatable bonds is 5. The van der Waals surface area contributed by atoms with E-state index in [9.17, 15) is 13.2 Å². The van der Waals surface area contributed by atoms with E-state index in [0.717, 1.165) is 16.8 Å². The summed E-state index contributed by atoms with van der Waals surface area (Å²) in [5.41, 5.74) is 3.26. The van der Waals surface area contributed by atoms with Crippen molar-refractivity contribution in [2.24, 2.45) is 0 Å². The third kappa shape index (κ3) is 5.97. The minimum Gasteiger partial charge on any atom is -0.413 e. The van der Waals surface area contributed by atoms with Gasteiger partial charge in [0.15, 0.2) is 0 Å². The molecular weight excluding hydrogens is 398 g/mol. The minimum absolute atomic E-state index is 0.295. The number of benzene rings is 1. The van der Waals surface area contributed by atoms with Crippen LogP contribution in [0, 0.1) is 0 Å². The highest BCUT2D eigenvalue weighted by molar-refractivity contribution is 7.64. The molecule has 0 unspecified atom stereocenters. The summed E-state index contributed by atoms with van der Waals surface area (Å²) in [5.74, 6) is 0. The summed E-state index contributed by atoms with van der Waals surface area (Å²) in [6, 6.07) is 11.7. The number of nitrogens with zero attached hydrogens (tertiary/aromatic N) is 1. The van der Waals surface area contributed by atoms with Crippen molar-refractivity contribution in [1.29, 1.82) is 0 Å². The molecule has 0 spiro atoms. The molecule has 0 atom stereocenters. The summed E-state index contributed by atoms with van der Waals surface area (Å²) >= 11 is 0. The van der Waals surface area contributed by atoms with Crippen molar-refractivity contribution in [3.05, 3.63) is 54.6 Å². The number of aromatic nitrogens is 2. The van der Waals surface area contributed by atoms with Crippen molar-refractivity contribution < 1.29 is 17.9 Å². The highest BCUT2D eigenvalue weighted by Gasteiger charge is 2.29. The van der Waals surface area contributed by atoms with Gasteiger partial charge in [0, 0.05) is 28.5 Å². The fraction of sp³-hybridized carbons (Fsp3) is 0.286. The molecule has 1 aromatic carbocycles. The number of aromatic amines is 1. The number of alkyl halides is 3. The first-order valence-electron chi connectivity index (χ1n) is 9.17. The summed E-state index contributed by atoms with van der Waals surface area (Å²) in [7, 11) is -0.295. The van der Waals surface area contributed by atoms with Crippen molar-refractivity contribution in [3.8, 4) is 0 Å². The molecule has 0 fully saturated rings. The van der Waals surface area contributed by atoms with Crippen molar-refractivity contribution >= 4 is 41.2 Å². The molecule has 2 heterocycles. The second kappa shape index (κ2) is 9.79. The minimum atomic E-state index is -4.71. The number of allylic oxidation sites excluding steroid dienone is 1. The maximum atomic E-state index is 12.2. The van der Waals surface area contributed by atoms with Crippen LogP contribution in [0.4, 0.5) is 24.5 Å². The van der Waals surface area contributed by atoms with E-state index in [-0.39, 0.29) is 7.92 Å². The Balaban J connectivity index is 0.00000145. The predicted octanol–water partition coefficient (Wildman–Crippen LogP) is 6.60. The van der Waals surface area contributed by atoms with Crippen LogP contribution < -0.4 is 10.6 Å². The number of fused-ring (bicyclic) bond motifs is 1. The number of anilines is 2. The maximum absolute atomic E-state index is 12.2. The van der Waals surface area contributed by atoms with Gasteiger partial charge in [0.1, 0.15) is 5.65 Å². The van der Waals surface area contributed by atoms with Crippen molar-refractivity contribution in [3.63, 3.8) is 0 Å². The molecule has 2 aromatic heterocycles. The van der Waals surface area contributed by atoms with E-state index in [2.05, 4.69) is 39.4 Å². The molecule has 0 aliphatic carbocycles. The zero-order valence-corrected chi connectivity index (χ0v) is 17.9. The Morgan fingerprint density at radius 1 is 1.14 bits per heavy atom. The topological polar surface area (TPSA) is 49.9 Å². The van der Waals surface area contributed by atoms with Crippen molar-refractivity contribution in [2.45, 2.75) is 27.1 Å². The molecule has 156 valence electrons. The third-order valence-electron chi connectivity index (χ3n) is 3.98. The van der Waals surface area contributed by atoms with E-state index < -0.39 is 6.36 Å². The van der Waals surface area contributed by atoms with Gasteiger partial charge in [0.05, 0.1) is 11.9 Å². The molecule has 0 amide bonds. The van der Waals surface area contributed by atoms with Crippen molar-refractivity contribution in [1.82, 2.24) is 9.97 Å². The fourth-order valence-corrected chi connectivity index (χ4v) is 3.68. The van der Waals surface area contributed by atoms with Gasteiger partial charge in [-0.05, 0) is 43.8 Å². The molecule has 0 radical (unpaired) electrons. The summed E-state index contributed by atoms with van der Waals surface area (Å²) in [6.07, 6.45) is -2.37. The van der Waals surface area contributed by atoms with Gasteiger partial charge in [-0.25, -0.2) is 4.98 Å². The van der Waals surface area contributed by atoms with Crippen LogP contribution in [0.25, 0.3) is 16.6 Å². The number of H-pyrrole nitrogens is 1. The lowest BCUT2D eigenvalue weighted by molar-refractivity contribution is -0.297. The molecule has 0 aliphatic rings. The third-order valence-corrected chi connectivity index (χ3v) is 5.33. The average molecular weight is 423 g/mol. The van der Waals surface area contributed by atoms with Gasteiger partial charge in [0.25, 0.3) is 0 Å². The fourth-order valence-electron chi connectivity index (χ4n) is 2.68. The number of nitrogens with one attached hydrogen (secondary N) is 2. The Morgan fingerprint density at radius 3 is 2.48 bits per heavy atom. The summed E-state index contributed by atoms with van der Waals surface area (Å²) in [5, 5.41) is 5.46. The molecule has 3 aromatic rings. The van der Waals surface area contributed by atoms with Crippen LogP contribution in [0.15, 0.2) is 48.9 Å². The van der Waals surface area contributed by atoms with Crippen LogP contribution in [0.2, 0.25) is 0 Å². The number of hydrogen-bond acceptors (Lipinski definition) is 3. The van der Waals surface area contributed by atoms with Gasteiger partial charge in [-0.1, -0.05) is 40.0 Å². The first-order valence-corrected chi connectivity index (χ1v) is 11.4. The van der Waals surface area contributed by atoms with Gasteiger partial charge in [-0.2, -0.15) is 0 Å². The van der Waals surface area contributed by atoms with E-state index in [0.29, 0.717) is 23.2 Å². The molecule has 0 bridgehead atoms. The van der Waals surface area contributed by atoms with Crippen LogP contribution in [0.3, 0.4) is 0 Å². The first-order chi connectivity index (χ1) is 13.7. The molecule has 29 heavy (non-hydrogen) atoms. The zero-order valence-electron chi connectivity index (χ0n) is 17.1. The van der Waals surface area contributed by atoms with E-state index in [1.165, 1.54) is 5.30 Å². The molecule has 4 nitrogen and oxygen atoms in total. The molecule has 8 heteroatoms. The molecular formula is C21H25F3N3OP. The van der Waals surface area contributed by atoms with Crippen molar-refractivity contribution in [2.75, 3.05) is 18.6 Å². The van der Waals surface area contributed by atoms with E-state index in [1.54, 1.807) is 19.2 Å². The molecule has 2 N–H and O–H groups in total. The van der Waals surface area contributed by atoms with Gasteiger partial charge in [0.2, 0.25) is 0 Å².